The quantitative estimate of drug-likeness (QED) is 0.677. The van der Waals surface area contributed by atoms with E-state index < -0.39 is 0 Å². The number of nitrogens with zero attached hydrogens (tertiary/aromatic N) is 1. The number of benzene rings is 2. The normalized spacial score (nSPS) is 11.0. The van der Waals surface area contributed by atoms with Crippen molar-refractivity contribution < 1.29 is 8.81 Å². The summed E-state index contributed by atoms with van der Waals surface area (Å²) in [6, 6.07) is 9.16. The Morgan fingerprint density at radius 2 is 1.89 bits per heavy atom. The first-order valence-corrected chi connectivity index (χ1v) is 5.63. The van der Waals surface area contributed by atoms with E-state index in [1.807, 2.05) is 0 Å². The third kappa shape index (κ3) is 1.80. The number of fused-ring (bicyclic) bond motifs is 1. The van der Waals surface area contributed by atoms with Gasteiger partial charge in [-0.05, 0) is 36.4 Å². The number of anilines is 1. The molecule has 18 heavy (non-hydrogen) atoms. The van der Waals surface area contributed by atoms with Crippen LogP contribution in [0.1, 0.15) is 0 Å². The topological polar surface area (TPSA) is 52.0 Å². The van der Waals surface area contributed by atoms with Crippen molar-refractivity contribution in [2.75, 3.05) is 5.73 Å². The van der Waals surface area contributed by atoms with Gasteiger partial charge in [0.05, 0.1) is 5.69 Å². The predicted molar refractivity (Wildman–Crippen MR) is 68.8 cm³/mol. The molecule has 5 heteroatoms. The van der Waals surface area contributed by atoms with Crippen molar-refractivity contribution in [3.63, 3.8) is 0 Å². The van der Waals surface area contributed by atoms with Gasteiger partial charge in [0.2, 0.25) is 5.89 Å². The average Bonchev–Trinajstić information content (AvgIpc) is 2.74. The summed E-state index contributed by atoms with van der Waals surface area (Å²) >= 11 is 5.89. The van der Waals surface area contributed by atoms with Crippen molar-refractivity contribution in [3.05, 3.63) is 47.2 Å². The number of aromatic nitrogens is 1. The molecule has 0 amide bonds. The van der Waals surface area contributed by atoms with E-state index in [4.69, 9.17) is 21.8 Å². The lowest BCUT2D eigenvalue weighted by Crippen LogP contribution is -1.84. The highest BCUT2D eigenvalue weighted by Crippen LogP contribution is 2.30. The molecule has 0 aliphatic heterocycles. The third-order valence-corrected chi connectivity index (χ3v) is 2.79. The van der Waals surface area contributed by atoms with Crippen LogP contribution < -0.4 is 5.73 Å². The molecule has 0 fully saturated rings. The van der Waals surface area contributed by atoms with Crippen LogP contribution in [-0.4, -0.2) is 4.98 Å². The van der Waals surface area contributed by atoms with E-state index in [1.165, 1.54) is 12.1 Å². The summed E-state index contributed by atoms with van der Waals surface area (Å²) in [6.07, 6.45) is 0. The van der Waals surface area contributed by atoms with Gasteiger partial charge in [-0.3, -0.25) is 0 Å². The molecule has 0 unspecified atom stereocenters. The zero-order chi connectivity index (χ0) is 12.7. The number of nitrogens with two attached hydrogens (primary N) is 1. The number of nitrogen functional groups attached to an aromatic ring is 1. The lowest BCUT2D eigenvalue weighted by molar-refractivity contribution is 0.617. The van der Waals surface area contributed by atoms with E-state index in [9.17, 15) is 4.39 Å². The fraction of sp³-hybridized carbons (Fsp3) is 0. The molecular weight excluding hydrogens is 255 g/mol. The molecule has 3 nitrogen and oxygen atoms in total. The minimum atomic E-state index is -0.308. The van der Waals surface area contributed by atoms with E-state index in [0.29, 0.717) is 33.3 Å². The molecule has 90 valence electrons. The molecular formula is C13H8ClFN2O. The summed E-state index contributed by atoms with van der Waals surface area (Å²) in [4.78, 5) is 4.28. The van der Waals surface area contributed by atoms with E-state index in [2.05, 4.69) is 4.98 Å². The number of hydrogen-bond donors (Lipinski definition) is 1. The predicted octanol–water partition coefficient (Wildman–Crippen LogP) is 3.87. The maximum Gasteiger partial charge on any atom is 0.227 e. The Hall–Kier alpha value is -2.07. The fourth-order valence-electron chi connectivity index (χ4n) is 1.74. The average molecular weight is 263 g/mol. The smallest absolute Gasteiger partial charge is 0.227 e. The molecule has 1 aromatic heterocycles. The summed E-state index contributed by atoms with van der Waals surface area (Å²) in [7, 11) is 0. The number of hydrogen-bond acceptors (Lipinski definition) is 3. The molecule has 3 aromatic rings. The molecule has 0 bridgehead atoms. The monoisotopic (exact) mass is 262 g/mol. The van der Waals surface area contributed by atoms with Gasteiger partial charge in [-0.2, -0.15) is 0 Å². The fourth-order valence-corrected chi connectivity index (χ4v) is 1.96. The van der Waals surface area contributed by atoms with Gasteiger partial charge < -0.3 is 10.2 Å². The van der Waals surface area contributed by atoms with Crippen molar-refractivity contribution in [2.45, 2.75) is 0 Å². The number of oxazole rings is 1. The standard InChI is InChI=1S/C13H8ClFN2O/c14-8-5-10(16)12-11(6-8)17-13(18-12)7-1-3-9(15)4-2-7/h1-6H,16H2. The van der Waals surface area contributed by atoms with Gasteiger partial charge in [-0.1, -0.05) is 11.6 Å². The molecule has 2 N–H and O–H groups in total. The van der Waals surface area contributed by atoms with Crippen LogP contribution in [0.25, 0.3) is 22.6 Å². The number of rotatable bonds is 1. The first kappa shape index (κ1) is 11.0. The van der Waals surface area contributed by atoms with E-state index in [0.717, 1.165) is 0 Å². The van der Waals surface area contributed by atoms with E-state index in [1.54, 1.807) is 24.3 Å². The lowest BCUT2D eigenvalue weighted by Gasteiger charge is -1.94. The van der Waals surface area contributed by atoms with Gasteiger partial charge in [0.15, 0.2) is 5.58 Å². The second kappa shape index (κ2) is 3.99. The van der Waals surface area contributed by atoms with Crippen LogP contribution in [-0.2, 0) is 0 Å². The maximum absolute atomic E-state index is 12.8. The van der Waals surface area contributed by atoms with Crippen LogP contribution in [0.4, 0.5) is 10.1 Å². The molecule has 0 saturated heterocycles. The molecule has 0 spiro atoms. The third-order valence-electron chi connectivity index (χ3n) is 2.57. The summed E-state index contributed by atoms with van der Waals surface area (Å²) < 4.78 is 18.4. The van der Waals surface area contributed by atoms with Gasteiger partial charge >= 0.3 is 0 Å². The Bertz CT molecular complexity index is 722. The summed E-state index contributed by atoms with van der Waals surface area (Å²) in [5, 5.41) is 0.499. The minimum Gasteiger partial charge on any atom is -0.434 e. The molecule has 0 saturated carbocycles. The first-order chi connectivity index (χ1) is 8.63. The Kier molecular flexibility index (Phi) is 2.45. The lowest BCUT2D eigenvalue weighted by atomic mass is 10.2. The molecule has 3 rings (SSSR count). The highest BCUT2D eigenvalue weighted by Gasteiger charge is 2.11. The van der Waals surface area contributed by atoms with Crippen molar-refractivity contribution in [1.29, 1.82) is 0 Å². The summed E-state index contributed by atoms with van der Waals surface area (Å²) in [5.74, 6) is 0.0800. The Labute approximate surface area is 107 Å². The molecule has 0 aliphatic carbocycles. The van der Waals surface area contributed by atoms with Crippen LogP contribution in [0.15, 0.2) is 40.8 Å². The van der Waals surface area contributed by atoms with Crippen molar-refractivity contribution in [2.24, 2.45) is 0 Å². The van der Waals surface area contributed by atoms with Gasteiger partial charge in [-0.15, -0.1) is 0 Å². The van der Waals surface area contributed by atoms with Crippen LogP contribution >= 0.6 is 11.6 Å². The van der Waals surface area contributed by atoms with Gasteiger partial charge in [-0.25, -0.2) is 9.37 Å². The highest BCUT2D eigenvalue weighted by molar-refractivity contribution is 6.31. The van der Waals surface area contributed by atoms with Crippen LogP contribution in [0.2, 0.25) is 5.02 Å². The molecule has 2 aromatic carbocycles. The van der Waals surface area contributed by atoms with E-state index >= 15 is 0 Å². The second-order valence-corrected chi connectivity index (χ2v) is 4.31. The Morgan fingerprint density at radius 1 is 1.17 bits per heavy atom. The Balaban J connectivity index is 2.19. The van der Waals surface area contributed by atoms with Gasteiger partial charge in [0, 0.05) is 10.6 Å². The maximum atomic E-state index is 12.8. The summed E-state index contributed by atoms with van der Waals surface area (Å²) in [6.45, 7) is 0. The summed E-state index contributed by atoms with van der Waals surface area (Å²) in [5.41, 5.74) is 7.97. The first-order valence-electron chi connectivity index (χ1n) is 5.25. The van der Waals surface area contributed by atoms with Gasteiger partial charge in [0.25, 0.3) is 0 Å². The SMILES string of the molecule is Nc1cc(Cl)cc2nc(-c3ccc(F)cc3)oc12. The molecule has 0 radical (unpaired) electrons. The molecule has 0 atom stereocenters. The zero-order valence-electron chi connectivity index (χ0n) is 9.15. The molecule has 1 heterocycles. The zero-order valence-corrected chi connectivity index (χ0v) is 9.91. The molecule has 0 aliphatic rings. The van der Waals surface area contributed by atoms with Crippen LogP contribution in [0.3, 0.4) is 0 Å². The minimum absolute atomic E-state index is 0.308. The largest absolute Gasteiger partial charge is 0.434 e. The van der Waals surface area contributed by atoms with Gasteiger partial charge in [0.1, 0.15) is 11.3 Å². The Morgan fingerprint density at radius 3 is 2.61 bits per heavy atom. The second-order valence-electron chi connectivity index (χ2n) is 3.87. The number of halogens is 2. The highest BCUT2D eigenvalue weighted by atomic mass is 35.5. The van der Waals surface area contributed by atoms with E-state index in [-0.39, 0.29) is 5.82 Å². The van der Waals surface area contributed by atoms with Crippen LogP contribution in [0, 0.1) is 5.82 Å². The van der Waals surface area contributed by atoms with Crippen molar-refractivity contribution in [1.82, 2.24) is 4.98 Å². The van der Waals surface area contributed by atoms with Crippen molar-refractivity contribution in [3.8, 4) is 11.5 Å². The van der Waals surface area contributed by atoms with Crippen LogP contribution in [0.5, 0.6) is 0 Å². The van der Waals surface area contributed by atoms with Crippen molar-refractivity contribution >= 4 is 28.4 Å².